The summed E-state index contributed by atoms with van der Waals surface area (Å²) in [4.78, 5) is 24.4. The zero-order valence-corrected chi connectivity index (χ0v) is 17.6. The van der Waals surface area contributed by atoms with Crippen molar-refractivity contribution in [1.29, 1.82) is 0 Å². The van der Waals surface area contributed by atoms with Crippen LogP contribution < -0.4 is 15.8 Å². The van der Waals surface area contributed by atoms with Crippen LogP contribution in [0.15, 0.2) is 71.7 Å². The molecule has 32 heavy (non-hydrogen) atoms. The van der Waals surface area contributed by atoms with Gasteiger partial charge in [0.25, 0.3) is 11.5 Å². The number of fused-ring (bicyclic) bond motifs is 2. The number of carbonyl (C=O) groups excluding carboxylic acids is 1. The van der Waals surface area contributed by atoms with Gasteiger partial charge in [-0.05, 0) is 71.5 Å². The van der Waals surface area contributed by atoms with E-state index in [1.54, 1.807) is 35.3 Å². The second kappa shape index (κ2) is 9.21. The Bertz CT molecular complexity index is 1340. The van der Waals surface area contributed by atoms with Crippen LogP contribution in [0.5, 0.6) is 5.75 Å². The van der Waals surface area contributed by atoms with E-state index in [2.05, 4.69) is 0 Å². The average Bonchev–Trinajstić information content (AvgIpc) is 2.81. The molecule has 1 unspecified atom stereocenters. The molecular formula is C25H24N2O5. The Morgan fingerprint density at radius 1 is 1.03 bits per heavy atom. The lowest BCUT2D eigenvalue weighted by molar-refractivity contribution is 0.0706. The Hall–Kier alpha value is -3.68. The molecule has 0 saturated carbocycles. The summed E-state index contributed by atoms with van der Waals surface area (Å²) < 4.78 is 7.45. The Morgan fingerprint density at radius 2 is 1.78 bits per heavy atom. The van der Waals surface area contributed by atoms with E-state index in [1.165, 1.54) is 6.07 Å². The predicted octanol–water partition coefficient (Wildman–Crippen LogP) is 3.80. The summed E-state index contributed by atoms with van der Waals surface area (Å²) in [5.41, 5.74) is 2.47. The highest BCUT2D eigenvalue weighted by atomic mass is 16.5. The molecule has 3 N–H and O–H groups in total. The van der Waals surface area contributed by atoms with Gasteiger partial charge in [0.2, 0.25) is 0 Å². The number of aryl methyl sites for hydroxylation is 1. The van der Waals surface area contributed by atoms with E-state index in [-0.39, 0.29) is 11.1 Å². The van der Waals surface area contributed by atoms with Gasteiger partial charge in [0.15, 0.2) is 0 Å². The van der Waals surface area contributed by atoms with Crippen LogP contribution in [-0.2, 0) is 6.54 Å². The van der Waals surface area contributed by atoms with Gasteiger partial charge in [-0.2, -0.15) is 0 Å². The second-order valence-electron chi connectivity index (χ2n) is 7.70. The highest BCUT2D eigenvalue weighted by Gasteiger charge is 2.09. The molecule has 0 fully saturated rings. The van der Waals surface area contributed by atoms with E-state index in [0.717, 1.165) is 27.5 Å². The molecule has 164 valence electrons. The van der Waals surface area contributed by atoms with Crippen molar-refractivity contribution in [3.05, 3.63) is 88.3 Å². The molecule has 0 aliphatic carbocycles. The second-order valence-corrected chi connectivity index (χ2v) is 7.70. The highest BCUT2D eigenvalue weighted by molar-refractivity contribution is 5.97. The number of nitrogens with one attached hydrogen (secondary N) is 1. The van der Waals surface area contributed by atoms with Crippen molar-refractivity contribution >= 4 is 27.5 Å². The van der Waals surface area contributed by atoms with Crippen molar-refractivity contribution in [1.82, 2.24) is 10.0 Å². The summed E-state index contributed by atoms with van der Waals surface area (Å²) in [6, 6.07) is 18.2. The van der Waals surface area contributed by atoms with Gasteiger partial charge < -0.3 is 14.4 Å². The van der Waals surface area contributed by atoms with Crippen LogP contribution in [0.4, 0.5) is 0 Å². The molecule has 3 aromatic carbocycles. The zero-order chi connectivity index (χ0) is 22.7. The normalized spacial score (nSPS) is 12.1. The predicted molar refractivity (Wildman–Crippen MR) is 122 cm³/mol. The molecule has 1 heterocycles. The highest BCUT2D eigenvalue weighted by Crippen LogP contribution is 2.24. The first-order chi connectivity index (χ1) is 15.5. The molecule has 0 aliphatic heterocycles. The monoisotopic (exact) mass is 432 g/mol. The fraction of sp³-hybridized carbons (Fsp3) is 0.200. The first kappa shape index (κ1) is 21.5. The van der Waals surface area contributed by atoms with Crippen LogP contribution in [0.25, 0.3) is 21.5 Å². The summed E-state index contributed by atoms with van der Waals surface area (Å²) in [6.07, 6.45) is 1.85. The van der Waals surface area contributed by atoms with Gasteiger partial charge in [0.1, 0.15) is 5.75 Å². The summed E-state index contributed by atoms with van der Waals surface area (Å²) in [7, 11) is 0. The first-order valence-electron chi connectivity index (χ1n) is 10.4. The Labute approximate surface area is 184 Å². The molecule has 0 saturated heterocycles. The number of amides is 1. The lowest BCUT2D eigenvalue weighted by atomic mass is 10.0. The third-order valence-corrected chi connectivity index (χ3v) is 5.47. The molecule has 0 bridgehead atoms. The van der Waals surface area contributed by atoms with E-state index in [9.17, 15) is 14.7 Å². The summed E-state index contributed by atoms with van der Waals surface area (Å²) >= 11 is 0. The summed E-state index contributed by atoms with van der Waals surface area (Å²) in [5.74, 6) is 0.0837. The fourth-order valence-electron chi connectivity index (χ4n) is 3.68. The standard InChI is InChI=1S/C25H24N2O5/c1-16(28)18-4-5-20-14-22(8-7-19(20)13-18)32-12-2-10-27-11-9-17-3-6-21(24(29)26-31)15-23(17)25(27)30/h3-9,11,13-16,28,31H,2,10,12H2,1H3,(H,26,29). The van der Waals surface area contributed by atoms with Gasteiger partial charge in [-0.15, -0.1) is 0 Å². The van der Waals surface area contributed by atoms with Gasteiger partial charge in [0.05, 0.1) is 12.7 Å². The number of aliphatic hydroxyl groups is 1. The van der Waals surface area contributed by atoms with E-state index >= 15 is 0 Å². The minimum absolute atomic E-state index is 0.199. The Balaban J connectivity index is 1.42. The van der Waals surface area contributed by atoms with Crippen molar-refractivity contribution in [2.75, 3.05) is 6.61 Å². The topological polar surface area (TPSA) is 101 Å². The van der Waals surface area contributed by atoms with Gasteiger partial charge in [-0.1, -0.05) is 24.3 Å². The van der Waals surface area contributed by atoms with Crippen LogP contribution in [0, 0.1) is 0 Å². The number of aromatic nitrogens is 1. The van der Waals surface area contributed by atoms with E-state index in [0.29, 0.717) is 25.0 Å². The summed E-state index contributed by atoms with van der Waals surface area (Å²) in [5, 5.41) is 21.7. The number of pyridine rings is 1. The van der Waals surface area contributed by atoms with Gasteiger partial charge in [-0.3, -0.25) is 14.8 Å². The van der Waals surface area contributed by atoms with Crippen LogP contribution in [-0.4, -0.2) is 27.4 Å². The molecule has 0 spiro atoms. The van der Waals surface area contributed by atoms with Crippen LogP contribution >= 0.6 is 0 Å². The van der Waals surface area contributed by atoms with E-state index in [4.69, 9.17) is 9.94 Å². The maximum Gasteiger partial charge on any atom is 0.274 e. The molecule has 7 heteroatoms. The molecule has 0 aliphatic rings. The van der Waals surface area contributed by atoms with Gasteiger partial charge in [-0.25, -0.2) is 5.48 Å². The van der Waals surface area contributed by atoms with Crippen molar-refractivity contribution in [3.63, 3.8) is 0 Å². The van der Waals surface area contributed by atoms with Gasteiger partial charge >= 0.3 is 0 Å². The Kier molecular flexibility index (Phi) is 6.20. The van der Waals surface area contributed by atoms with Crippen molar-refractivity contribution in [3.8, 4) is 5.75 Å². The minimum Gasteiger partial charge on any atom is -0.494 e. The quantitative estimate of drug-likeness (QED) is 0.234. The molecule has 0 radical (unpaired) electrons. The molecule has 1 aromatic heterocycles. The molecule has 1 amide bonds. The number of hydroxylamine groups is 1. The number of benzene rings is 3. The largest absolute Gasteiger partial charge is 0.494 e. The Morgan fingerprint density at radius 3 is 2.56 bits per heavy atom. The lowest BCUT2D eigenvalue weighted by Crippen LogP contribution is -2.22. The number of aliphatic hydroxyl groups excluding tert-OH is 1. The number of ether oxygens (including phenoxy) is 1. The van der Waals surface area contributed by atoms with E-state index < -0.39 is 12.0 Å². The third-order valence-electron chi connectivity index (χ3n) is 5.47. The fourth-order valence-corrected chi connectivity index (χ4v) is 3.68. The molecule has 4 rings (SSSR count). The summed E-state index contributed by atoms with van der Waals surface area (Å²) in [6.45, 7) is 2.65. The number of rotatable bonds is 7. The molecule has 1 atom stereocenters. The lowest BCUT2D eigenvalue weighted by Gasteiger charge is -2.11. The number of nitrogens with zero attached hydrogens (tertiary/aromatic N) is 1. The molecule has 4 aromatic rings. The van der Waals surface area contributed by atoms with Crippen LogP contribution in [0.1, 0.15) is 35.4 Å². The van der Waals surface area contributed by atoms with Crippen molar-refractivity contribution < 1.29 is 19.8 Å². The smallest absolute Gasteiger partial charge is 0.274 e. The number of hydrogen-bond acceptors (Lipinski definition) is 5. The zero-order valence-electron chi connectivity index (χ0n) is 17.6. The average molecular weight is 432 g/mol. The number of carbonyl (C=O) groups is 1. The maximum atomic E-state index is 12.8. The van der Waals surface area contributed by atoms with Crippen LogP contribution in [0.2, 0.25) is 0 Å². The third kappa shape index (κ3) is 4.49. The molecular weight excluding hydrogens is 408 g/mol. The maximum absolute atomic E-state index is 12.8. The van der Waals surface area contributed by atoms with Crippen LogP contribution in [0.3, 0.4) is 0 Å². The van der Waals surface area contributed by atoms with Crippen molar-refractivity contribution in [2.24, 2.45) is 0 Å². The molecule has 7 nitrogen and oxygen atoms in total. The minimum atomic E-state index is -0.660. The van der Waals surface area contributed by atoms with Gasteiger partial charge in [0, 0.05) is 23.7 Å². The SMILES string of the molecule is CC(O)c1ccc2cc(OCCCn3ccc4ccc(C(=O)NO)cc4c3=O)ccc2c1. The van der Waals surface area contributed by atoms with E-state index in [1.807, 2.05) is 42.5 Å². The van der Waals surface area contributed by atoms with Crippen molar-refractivity contribution in [2.45, 2.75) is 26.0 Å². The number of hydrogen-bond donors (Lipinski definition) is 3. The first-order valence-corrected chi connectivity index (χ1v) is 10.4.